The predicted octanol–water partition coefficient (Wildman–Crippen LogP) is 1.82. The van der Waals surface area contributed by atoms with E-state index in [1.54, 1.807) is 0 Å². The Kier molecular flexibility index (Phi) is 11.9. The third kappa shape index (κ3) is 8.81. The number of carbonyl (C=O) groups is 1. The third-order valence-electron chi connectivity index (χ3n) is 0.821. The first-order valence-electron chi connectivity index (χ1n) is 2.62. The molecule has 0 aromatic heterocycles. The Bertz CT molecular complexity index is 242. The Balaban J connectivity index is -0.000000240. The fraction of sp³-hybridized carbons (Fsp3) is 0.286. The molecule has 2 nitrogen and oxygen atoms in total. The van der Waals surface area contributed by atoms with Crippen LogP contribution in [0, 0.1) is 14.9 Å². The fourth-order valence-corrected chi connectivity index (χ4v) is 0.283. The van der Waals surface area contributed by atoms with Crippen molar-refractivity contribution in [2.45, 2.75) is 12.4 Å². The number of alkyl halides is 6. The average molecular weight is 434 g/mol. The molecule has 0 aliphatic rings. The van der Waals surface area contributed by atoms with Gasteiger partial charge in [-0.2, -0.15) is 26.3 Å². The van der Waals surface area contributed by atoms with Gasteiger partial charge in [0, 0.05) is 0 Å². The van der Waals surface area contributed by atoms with E-state index in [-0.39, 0.29) is 37.2 Å². The van der Waals surface area contributed by atoms with Crippen LogP contribution in [0.4, 0.5) is 26.3 Å². The first kappa shape index (κ1) is 24.7. The molecule has 0 N–H and O–H groups in total. The van der Waals surface area contributed by atoms with Gasteiger partial charge in [0.2, 0.25) is 0 Å². The molecule has 0 saturated carbocycles. The minimum absolute atomic E-state index is 0. The van der Waals surface area contributed by atoms with Crippen molar-refractivity contribution in [3.8, 4) is 0 Å². The molecule has 0 unspecified atom stereocenters. The molecule has 0 spiro atoms. The summed E-state index contributed by atoms with van der Waals surface area (Å²) in [6.45, 7) is 0. The van der Waals surface area contributed by atoms with Gasteiger partial charge in [0.05, 0.1) is 0 Å². The maximum absolute atomic E-state index is 11.3. The van der Waals surface area contributed by atoms with Gasteiger partial charge in [0.1, 0.15) is 0 Å². The molecule has 0 saturated heterocycles. The summed E-state index contributed by atoms with van der Waals surface area (Å²) < 4.78 is 67.8. The molecule has 0 atom stereocenters. The molecule has 0 bridgehead atoms. The Morgan fingerprint density at radius 3 is 1.44 bits per heavy atom. The van der Waals surface area contributed by atoms with Crippen LogP contribution in [0.3, 0.4) is 0 Å². The molecule has 0 fully saturated rings. The van der Waals surface area contributed by atoms with Crippen molar-refractivity contribution in [2.75, 3.05) is 0 Å². The molecule has 0 aromatic rings. The van der Waals surface area contributed by atoms with E-state index in [0.717, 1.165) is 0 Å². The van der Waals surface area contributed by atoms with Gasteiger partial charge in [-0.3, -0.25) is 4.79 Å². The van der Waals surface area contributed by atoms with E-state index in [4.69, 9.17) is 0 Å². The molecule has 0 heterocycles. The molecule has 0 radical (unpaired) electrons. The van der Waals surface area contributed by atoms with Crippen molar-refractivity contribution >= 4 is 5.78 Å². The van der Waals surface area contributed by atoms with Crippen molar-refractivity contribution in [3.05, 3.63) is 26.7 Å². The minimum Gasteiger partial charge on any atom is -0.869 e. The van der Waals surface area contributed by atoms with Crippen molar-refractivity contribution in [3.63, 3.8) is 0 Å². The molecule has 9 heteroatoms. The standard InChI is InChI=1S/C5H2F6O2.2CH3.Au/c6-4(7,8)2(12)1-3(13)5(9,10)11;;;/h1,12H;2*1H3;/q;2*-1;+3/p-1. The summed E-state index contributed by atoms with van der Waals surface area (Å²) in [5.41, 5.74) is 0. The van der Waals surface area contributed by atoms with Gasteiger partial charge in [-0.15, -0.1) is 0 Å². The summed E-state index contributed by atoms with van der Waals surface area (Å²) in [6, 6.07) is 0. The smallest absolute Gasteiger partial charge is 0.869 e. The summed E-state index contributed by atoms with van der Waals surface area (Å²) in [6.07, 6.45) is -11.9. The molecule has 0 rings (SSSR count). The number of ketones is 1. The van der Waals surface area contributed by atoms with Crippen LogP contribution in [0.2, 0.25) is 0 Å². The first-order valence-corrected chi connectivity index (χ1v) is 2.62. The van der Waals surface area contributed by atoms with E-state index in [1.165, 1.54) is 0 Å². The van der Waals surface area contributed by atoms with Crippen LogP contribution in [-0.4, -0.2) is 18.1 Å². The molecule has 100 valence electrons. The largest absolute Gasteiger partial charge is 3.00 e. The van der Waals surface area contributed by atoms with Gasteiger partial charge in [0.15, 0.2) is 0 Å². The van der Waals surface area contributed by atoms with Gasteiger partial charge in [-0.25, -0.2) is 0 Å². The van der Waals surface area contributed by atoms with E-state index >= 15 is 0 Å². The maximum Gasteiger partial charge on any atom is 3.00 e. The maximum atomic E-state index is 11.3. The zero-order valence-corrected chi connectivity index (χ0v) is 10.1. The first-order chi connectivity index (χ1) is 5.55. The van der Waals surface area contributed by atoms with Crippen LogP contribution in [0.5, 0.6) is 0 Å². The SMILES string of the molecule is O=C(C=C([O-])C(F)(F)F)C(F)(F)F.[Au+3].[CH3-].[CH3-]. The number of hydrogen-bond acceptors (Lipinski definition) is 2. The third-order valence-corrected chi connectivity index (χ3v) is 0.821. The summed E-state index contributed by atoms with van der Waals surface area (Å²) in [4.78, 5) is 9.82. The zero-order valence-electron chi connectivity index (χ0n) is 7.96. The van der Waals surface area contributed by atoms with Crippen molar-refractivity contribution in [2.24, 2.45) is 0 Å². The van der Waals surface area contributed by atoms with E-state index in [2.05, 4.69) is 0 Å². The number of rotatable bonds is 1. The summed E-state index contributed by atoms with van der Waals surface area (Å²) >= 11 is 0. The van der Waals surface area contributed by atoms with E-state index in [1.807, 2.05) is 0 Å². The number of allylic oxidation sites excluding steroid dienone is 2. The van der Waals surface area contributed by atoms with Crippen LogP contribution < -0.4 is 5.11 Å². The van der Waals surface area contributed by atoms with E-state index in [9.17, 15) is 36.2 Å². The van der Waals surface area contributed by atoms with Crippen LogP contribution in [0.15, 0.2) is 11.8 Å². The Labute approximate surface area is 104 Å². The zero-order chi connectivity index (χ0) is 10.9. The second-order valence-corrected chi connectivity index (χ2v) is 1.87. The summed E-state index contributed by atoms with van der Waals surface area (Å²) in [5, 5.41) is 9.82. The minimum atomic E-state index is -5.46. The Hall–Kier alpha value is -0.470. The monoisotopic (exact) mass is 434 g/mol. The average Bonchev–Trinajstić information content (AvgIpc) is 1.82. The number of carbonyl (C=O) groups excluding carboxylic acids is 1. The van der Waals surface area contributed by atoms with Crippen molar-refractivity contribution < 1.29 is 58.6 Å². The molecular weight excluding hydrogens is 427 g/mol. The molecule has 0 aliphatic heterocycles. The number of hydrogen-bond donors (Lipinski definition) is 0. The van der Waals surface area contributed by atoms with Crippen LogP contribution in [0.1, 0.15) is 0 Å². The molecular formula is C7H7AuF6O2. The molecule has 0 aliphatic carbocycles. The Morgan fingerprint density at radius 2 is 1.25 bits per heavy atom. The van der Waals surface area contributed by atoms with Gasteiger partial charge in [-0.1, -0.05) is 0 Å². The topological polar surface area (TPSA) is 40.1 Å². The van der Waals surface area contributed by atoms with Crippen LogP contribution in [0.25, 0.3) is 0 Å². The van der Waals surface area contributed by atoms with Gasteiger partial charge >= 0.3 is 34.7 Å². The van der Waals surface area contributed by atoms with Crippen molar-refractivity contribution in [1.82, 2.24) is 0 Å². The molecule has 0 aromatic carbocycles. The Morgan fingerprint density at radius 1 is 0.938 bits per heavy atom. The van der Waals surface area contributed by atoms with E-state index < -0.39 is 30.0 Å². The molecule has 16 heavy (non-hydrogen) atoms. The second kappa shape index (κ2) is 7.75. The summed E-state index contributed by atoms with van der Waals surface area (Å²) in [7, 11) is 0. The van der Waals surface area contributed by atoms with Gasteiger partial charge in [0.25, 0.3) is 5.78 Å². The van der Waals surface area contributed by atoms with Gasteiger partial charge in [-0.05, 0) is 11.8 Å². The normalized spacial score (nSPS) is 11.8. The van der Waals surface area contributed by atoms with Crippen LogP contribution in [-0.2, 0) is 27.2 Å². The number of halogens is 6. The van der Waals surface area contributed by atoms with Gasteiger partial charge < -0.3 is 20.0 Å². The quantitative estimate of drug-likeness (QED) is 0.208. The fourth-order valence-electron chi connectivity index (χ4n) is 0.283. The second-order valence-electron chi connectivity index (χ2n) is 1.87. The van der Waals surface area contributed by atoms with E-state index in [0.29, 0.717) is 0 Å². The predicted molar refractivity (Wildman–Crippen MR) is 38.0 cm³/mol. The van der Waals surface area contributed by atoms with Crippen LogP contribution >= 0.6 is 0 Å². The van der Waals surface area contributed by atoms with Crippen molar-refractivity contribution in [1.29, 1.82) is 0 Å². The molecule has 0 amide bonds. The summed E-state index contributed by atoms with van der Waals surface area (Å²) in [5.74, 6) is -5.65.